The molecule has 1 aliphatic rings. The predicted octanol–water partition coefficient (Wildman–Crippen LogP) is 2.89. The molecule has 1 aliphatic heterocycles. The minimum absolute atomic E-state index is 0.329. The Labute approximate surface area is 157 Å². The van der Waals surface area contributed by atoms with E-state index >= 15 is 0 Å². The van der Waals surface area contributed by atoms with Crippen molar-refractivity contribution in [2.45, 2.75) is 31.7 Å². The molecule has 2 heterocycles. The zero-order valence-electron chi connectivity index (χ0n) is 15.7. The van der Waals surface area contributed by atoms with Gasteiger partial charge in [-0.05, 0) is 56.2 Å². The highest BCUT2D eigenvalue weighted by molar-refractivity contribution is 7.90. The Balaban J connectivity index is 1.73. The Hall–Kier alpha value is -1.63. The normalized spacial score (nSPS) is 18.7. The van der Waals surface area contributed by atoms with Gasteiger partial charge in [-0.1, -0.05) is 32.0 Å². The minimum atomic E-state index is -3.54. The lowest BCUT2D eigenvalue weighted by molar-refractivity contribution is 0.227. The Morgan fingerprint density at radius 1 is 1.12 bits per heavy atom. The largest absolute Gasteiger partial charge is 0.303 e. The lowest BCUT2D eigenvalue weighted by atomic mass is 10.1. The van der Waals surface area contributed by atoms with Gasteiger partial charge in [0.2, 0.25) is 0 Å². The number of hydrogen-bond donors (Lipinski definition) is 0. The zero-order chi connectivity index (χ0) is 18.6. The lowest BCUT2D eigenvalue weighted by Crippen LogP contribution is -2.32. The summed E-state index contributed by atoms with van der Waals surface area (Å²) in [5, 5.41) is 0. The summed E-state index contributed by atoms with van der Waals surface area (Å²) >= 11 is 0. The number of rotatable bonds is 8. The summed E-state index contributed by atoms with van der Waals surface area (Å²) in [6.45, 7) is 10.4. The van der Waals surface area contributed by atoms with Crippen molar-refractivity contribution in [3.8, 4) is 0 Å². The van der Waals surface area contributed by atoms with E-state index in [9.17, 15) is 8.42 Å². The monoisotopic (exact) mass is 375 g/mol. The smallest absolute Gasteiger partial charge is 0.267 e. The molecular weight excluding hydrogens is 346 g/mol. The van der Waals surface area contributed by atoms with E-state index in [1.54, 1.807) is 30.5 Å². The summed E-state index contributed by atoms with van der Waals surface area (Å²) < 4.78 is 27.3. The second kappa shape index (κ2) is 8.37. The van der Waals surface area contributed by atoms with E-state index in [2.05, 4.69) is 23.6 Å². The molecule has 0 aliphatic carbocycles. The Bertz CT molecular complexity index is 801. The van der Waals surface area contributed by atoms with Crippen LogP contribution in [0.3, 0.4) is 0 Å². The highest BCUT2D eigenvalue weighted by Gasteiger charge is 2.24. The topological polar surface area (TPSA) is 45.5 Å². The van der Waals surface area contributed by atoms with Gasteiger partial charge in [0, 0.05) is 31.5 Å². The molecule has 3 rings (SSSR count). The fourth-order valence-electron chi connectivity index (χ4n) is 3.71. The molecule has 0 saturated carbocycles. The average molecular weight is 376 g/mol. The maximum atomic E-state index is 12.9. The zero-order valence-corrected chi connectivity index (χ0v) is 16.5. The minimum Gasteiger partial charge on any atom is -0.303 e. The molecule has 1 aromatic heterocycles. The Morgan fingerprint density at radius 3 is 2.54 bits per heavy atom. The quantitative estimate of drug-likeness (QED) is 0.712. The van der Waals surface area contributed by atoms with Crippen LogP contribution in [0.5, 0.6) is 0 Å². The molecule has 1 aromatic carbocycles. The SMILES string of the molecule is CCN1CCC(CN(CC)Cc2cccn2S(=O)(=O)c2ccccc2)C1. The van der Waals surface area contributed by atoms with Crippen LogP contribution in [-0.4, -0.2) is 54.9 Å². The van der Waals surface area contributed by atoms with E-state index < -0.39 is 10.0 Å². The van der Waals surface area contributed by atoms with E-state index in [1.807, 2.05) is 18.2 Å². The van der Waals surface area contributed by atoms with Crippen LogP contribution in [0.4, 0.5) is 0 Å². The molecule has 0 amide bonds. The predicted molar refractivity (Wildman–Crippen MR) is 105 cm³/mol. The maximum Gasteiger partial charge on any atom is 0.267 e. The highest BCUT2D eigenvalue weighted by Crippen LogP contribution is 2.20. The van der Waals surface area contributed by atoms with Crippen LogP contribution in [0.15, 0.2) is 53.6 Å². The second-order valence-electron chi connectivity index (χ2n) is 6.99. The molecule has 0 radical (unpaired) electrons. The molecule has 6 heteroatoms. The van der Waals surface area contributed by atoms with Crippen molar-refractivity contribution in [3.63, 3.8) is 0 Å². The van der Waals surface area contributed by atoms with Gasteiger partial charge in [0.15, 0.2) is 0 Å². The third-order valence-electron chi connectivity index (χ3n) is 5.26. The van der Waals surface area contributed by atoms with E-state index in [4.69, 9.17) is 0 Å². The van der Waals surface area contributed by atoms with Crippen molar-refractivity contribution in [1.82, 2.24) is 13.8 Å². The lowest BCUT2D eigenvalue weighted by Gasteiger charge is -2.25. The Morgan fingerprint density at radius 2 is 1.88 bits per heavy atom. The molecule has 142 valence electrons. The summed E-state index contributed by atoms with van der Waals surface area (Å²) in [4.78, 5) is 5.17. The summed E-state index contributed by atoms with van der Waals surface area (Å²) in [6, 6.07) is 12.4. The molecule has 0 N–H and O–H groups in total. The number of nitrogens with zero attached hydrogens (tertiary/aromatic N) is 3. The molecule has 5 nitrogen and oxygen atoms in total. The molecule has 1 saturated heterocycles. The molecule has 0 spiro atoms. The first-order valence-corrected chi connectivity index (χ1v) is 10.9. The molecule has 1 atom stereocenters. The molecule has 1 unspecified atom stereocenters. The molecule has 0 bridgehead atoms. The second-order valence-corrected chi connectivity index (χ2v) is 8.80. The highest BCUT2D eigenvalue weighted by atomic mass is 32.2. The van der Waals surface area contributed by atoms with Gasteiger partial charge in [0.25, 0.3) is 10.0 Å². The van der Waals surface area contributed by atoms with Crippen molar-refractivity contribution in [3.05, 3.63) is 54.4 Å². The molecule has 2 aromatic rings. The molecular formula is C20H29N3O2S. The van der Waals surface area contributed by atoms with Crippen LogP contribution in [-0.2, 0) is 16.6 Å². The van der Waals surface area contributed by atoms with Crippen molar-refractivity contribution >= 4 is 10.0 Å². The summed E-state index contributed by atoms with van der Waals surface area (Å²) in [6.07, 6.45) is 2.88. The van der Waals surface area contributed by atoms with Crippen molar-refractivity contribution in [2.24, 2.45) is 5.92 Å². The number of benzene rings is 1. The standard InChI is InChI=1S/C20H29N3O2S/c1-3-21-14-12-18(15-21)16-22(4-2)17-19-9-8-13-23(19)26(24,25)20-10-6-5-7-11-20/h5-11,13,18H,3-4,12,14-17H2,1-2H3. The maximum absolute atomic E-state index is 12.9. The van der Waals surface area contributed by atoms with Crippen LogP contribution < -0.4 is 0 Å². The summed E-state index contributed by atoms with van der Waals surface area (Å²) in [5.74, 6) is 0.670. The summed E-state index contributed by atoms with van der Waals surface area (Å²) in [7, 11) is -3.54. The molecule has 26 heavy (non-hydrogen) atoms. The van der Waals surface area contributed by atoms with E-state index in [1.165, 1.54) is 16.9 Å². The number of hydrogen-bond acceptors (Lipinski definition) is 4. The van der Waals surface area contributed by atoms with Crippen LogP contribution >= 0.6 is 0 Å². The first-order valence-electron chi connectivity index (χ1n) is 9.46. The van der Waals surface area contributed by atoms with E-state index in [0.717, 1.165) is 31.9 Å². The van der Waals surface area contributed by atoms with Gasteiger partial charge in [-0.2, -0.15) is 0 Å². The van der Waals surface area contributed by atoms with Crippen LogP contribution in [0.25, 0.3) is 0 Å². The first kappa shape index (κ1) is 19.1. The van der Waals surface area contributed by atoms with Gasteiger partial charge < -0.3 is 4.90 Å². The van der Waals surface area contributed by atoms with Gasteiger partial charge in [-0.15, -0.1) is 0 Å². The Kier molecular flexibility index (Phi) is 6.16. The van der Waals surface area contributed by atoms with Crippen LogP contribution in [0.2, 0.25) is 0 Å². The van der Waals surface area contributed by atoms with Gasteiger partial charge >= 0.3 is 0 Å². The molecule has 1 fully saturated rings. The fraction of sp³-hybridized carbons (Fsp3) is 0.500. The van der Waals surface area contributed by atoms with E-state index in [0.29, 0.717) is 17.4 Å². The van der Waals surface area contributed by atoms with Crippen LogP contribution in [0.1, 0.15) is 26.0 Å². The number of aromatic nitrogens is 1. The van der Waals surface area contributed by atoms with Crippen molar-refractivity contribution in [1.29, 1.82) is 0 Å². The van der Waals surface area contributed by atoms with Gasteiger partial charge in [-0.3, -0.25) is 4.90 Å². The third-order valence-corrected chi connectivity index (χ3v) is 7.00. The average Bonchev–Trinajstić information content (AvgIpc) is 3.31. The van der Waals surface area contributed by atoms with Gasteiger partial charge in [0.05, 0.1) is 4.90 Å². The summed E-state index contributed by atoms with van der Waals surface area (Å²) in [5.41, 5.74) is 0.820. The third kappa shape index (κ3) is 4.19. The van der Waals surface area contributed by atoms with Gasteiger partial charge in [0.1, 0.15) is 0 Å². The van der Waals surface area contributed by atoms with Crippen molar-refractivity contribution < 1.29 is 8.42 Å². The first-order chi connectivity index (χ1) is 12.5. The van der Waals surface area contributed by atoms with E-state index in [-0.39, 0.29) is 0 Å². The van der Waals surface area contributed by atoms with Gasteiger partial charge in [-0.25, -0.2) is 12.4 Å². The fourth-order valence-corrected chi connectivity index (χ4v) is 5.10. The van der Waals surface area contributed by atoms with Crippen molar-refractivity contribution in [2.75, 3.05) is 32.7 Å². The van der Waals surface area contributed by atoms with Crippen LogP contribution in [0, 0.1) is 5.92 Å². The number of likely N-dealkylation sites (tertiary alicyclic amines) is 1.